The van der Waals surface area contributed by atoms with Crippen LogP contribution in [0.2, 0.25) is 0 Å². The third-order valence-electron chi connectivity index (χ3n) is 3.05. The van der Waals surface area contributed by atoms with Crippen LogP contribution in [0.25, 0.3) is 21.9 Å². The van der Waals surface area contributed by atoms with Gasteiger partial charge in [-0.15, -0.1) is 0 Å². The zero-order valence-corrected chi connectivity index (χ0v) is 12.4. The minimum Gasteiger partial charge on any atom is -0.456 e. The number of para-hydroxylation sites is 1. The molecule has 0 spiro atoms. The molecule has 0 bridgehead atoms. The summed E-state index contributed by atoms with van der Waals surface area (Å²) in [5.74, 6) is 0. The molecule has 1 heterocycles. The van der Waals surface area contributed by atoms with Gasteiger partial charge in [0.15, 0.2) is 0 Å². The van der Waals surface area contributed by atoms with E-state index in [1.807, 2.05) is 24.3 Å². The van der Waals surface area contributed by atoms with Crippen molar-refractivity contribution in [3.63, 3.8) is 0 Å². The highest BCUT2D eigenvalue weighted by Crippen LogP contribution is 2.30. The van der Waals surface area contributed by atoms with Crippen LogP contribution in [0, 0.1) is 0 Å². The lowest BCUT2D eigenvalue weighted by Gasteiger charge is -2.03. The van der Waals surface area contributed by atoms with Gasteiger partial charge in [-0.2, -0.15) is 13.5 Å². The van der Waals surface area contributed by atoms with E-state index in [9.17, 15) is 8.42 Å². The molecule has 0 saturated heterocycles. The van der Waals surface area contributed by atoms with E-state index in [0.29, 0.717) is 11.3 Å². The third-order valence-corrected chi connectivity index (χ3v) is 4.25. The molecule has 0 saturated carbocycles. The van der Waals surface area contributed by atoms with Crippen LogP contribution in [0.1, 0.15) is 13.8 Å². The molecule has 5 nitrogen and oxygen atoms in total. The Kier molecular flexibility index (Phi) is 3.17. The van der Waals surface area contributed by atoms with Gasteiger partial charge in [-0.25, -0.2) is 4.83 Å². The van der Waals surface area contributed by atoms with Crippen molar-refractivity contribution in [2.45, 2.75) is 18.7 Å². The Bertz CT molecular complexity index is 951. The molecule has 108 valence electrons. The first kappa shape index (κ1) is 13.6. The molecule has 3 rings (SSSR count). The van der Waals surface area contributed by atoms with Crippen LogP contribution in [0.3, 0.4) is 0 Å². The minimum atomic E-state index is -3.67. The van der Waals surface area contributed by atoms with E-state index in [1.54, 1.807) is 26.0 Å². The number of hydrogen-bond acceptors (Lipinski definition) is 4. The van der Waals surface area contributed by atoms with Crippen LogP contribution in [0.4, 0.5) is 0 Å². The normalized spacial score (nSPS) is 11.7. The molecule has 2 aromatic carbocycles. The molecular weight excluding hydrogens is 288 g/mol. The van der Waals surface area contributed by atoms with Crippen molar-refractivity contribution in [1.82, 2.24) is 4.83 Å². The molecule has 0 unspecified atom stereocenters. The van der Waals surface area contributed by atoms with Crippen molar-refractivity contribution in [3.8, 4) is 0 Å². The van der Waals surface area contributed by atoms with E-state index in [2.05, 4.69) is 9.93 Å². The summed E-state index contributed by atoms with van der Waals surface area (Å²) in [5, 5.41) is 5.42. The second-order valence-electron chi connectivity index (χ2n) is 4.91. The van der Waals surface area contributed by atoms with Crippen LogP contribution in [-0.2, 0) is 10.0 Å². The first-order chi connectivity index (χ1) is 9.97. The molecule has 0 aliphatic carbocycles. The topological polar surface area (TPSA) is 71.7 Å². The zero-order valence-electron chi connectivity index (χ0n) is 11.6. The fraction of sp³-hybridized carbons (Fsp3) is 0.133. The van der Waals surface area contributed by atoms with Crippen molar-refractivity contribution >= 4 is 37.7 Å². The highest BCUT2D eigenvalue weighted by Gasteiger charge is 2.15. The first-order valence-electron chi connectivity index (χ1n) is 6.41. The average Bonchev–Trinajstić information content (AvgIpc) is 2.83. The van der Waals surface area contributed by atoms with E-state index in [0.717, 1.165) is 16.4 Å². The van der Waals surface area contributed by atoms with E-state index >= 15 is 0 Å². The van der Waals surface area contributed by atoms with E-state index in [-0.39, 0.29) is 4.90 Å². The molecule has 1 aromatic heterocycles. The number of furan rings is 1. The van der Waals surface area contributed by atoms with Gasteiger partial charge in [-0.05, 0) is 38.1 Å². The molecule has 0 radical (unpaired) electrons. The summed E-state index contributed by atoms with van der Waals surface area (Å²) < 4.78 is 30.1. The van der Waals surface area contributed by atoms with Gasteiger partial charge < -0.3 is 4.42 Å². The van der Waals surface area contributed by atoms with Crippen molar-refractivity contribution < 1.29 is 12.8 Å². The second-order valence-corrected chi connectivity index (χ2v) is 6.57. The van der Waals surface area contributed by atoms with Gasteiger partial charge in [-0.1, -0.05) is 18.2 Å². The fourth-order valence-corrected chi connectivity index (χ4v) is 3.00. The summed E-state index contributed by atoms with van der Waals surface area (Å²) in [6.07, 6.45) is 0. The Morgan fingerprint density at radius 1 is 1.05 bits per heavy atom. The van der Waals surface area contributed by atoms with Crippen molar-refractivity contribution in [3.05, 3.63) is 42.5 Å². The van der Waals surface area contributed by atoms with Crippen LogP contribution in [-0.4, -0.2) is 14.1 Å². The number of nitrogens with one attached hydrogen (secondary N) is 1. The number of nitrogens with zero attached hydrogens (tertiary/aromatic N) is 1. The Labute approximate surface area is 122 Å². The predicted molar refractivity (Wildman–Crippen MR) is 82.8 cm³/mol. The predicted octanol–water partition coefficient (Wildman–Crippen LogP) is 3.26. The summed E-state index contributed by atoms with van der Waals surface area (Å²) in [6, 6.07) is 12.3. The van der Waals surface area contributed by atoms with E-state index < -0.39 is 10.0 Å². The summed E-state index contributed by atoms with van der Waals surface area (Å²) in [6.45, 7) is 3.44. The van der Waals surface area contributed by atoms with Crippen LogP contribution >= 0.6 is 0 Å². The van der Waals surface area contributed by atoms with Gasteiger partial charge in [0.05, 0.1) is 4.90 Å². The van der Waals surface area contributed by atoms with Crippen LogP contribution < -0.4 is 4.83 Å². The third kappa shape index (κ3) is 2.50. The number of benzene rings is 2. The van der Waals surface area contributed by atoms with Gasteiger partial charge in [0.1, 0.15) is 11.2 Å². The lowest BCUT2D eigenvalue weighted by Crippen LogP contribution is -2.19. The summed E-state index contributed by atoms with van der Waals surface area (Å²) >= 11 is 0. The maximum atomic E-state index is 12.2. The summed E-state index contributed by atoms with van der Waals surface area (Å²) in [7, 11) is -3.67. The highest BCUT2D eigenvalue weighted by atomic mass is 32.2. The molecule has 21 heavy (non-hydrogen) atoms. The summed E-state index contributed by atoms with van der Waals surface area (Å²) in [4.78, 5) is 2.37. The van der Waals surface area contributed by atoms with Gasteiger partial charge in [0.25, 0.3) is 10.0 Å². The molecule has 0 atom stereocenters. The number of hydrazone groups is 1. The molecule has 0 aliphatic heterocycles. The Morgan fingerprint density at radius 3 is 2.52 bits per heavy atom. The standard InChI is InChI=1S/C15H14N2O3S/c1-10(2)16-17-21(18,19)11-7-8-15-13(9-11)12-5-3-4-6-14(12)20-15/h3-9,17H,1-2H3. The monoisotopic (exact) mass is 302 g/mol. The summed E-state index contributed by atoms with van der Waals surface area (Å²) in [5.41, 5.74) is 2.02. The molecule has 3 aromatic rings. The lowest BCUT2D eigenvalue weighted by atomic mass is 10.1. The SMILES string of the molecule is CC(C)=NNS(=O)(=O)c1ccc2oc3ccccc3c2c1. The molecule has 6 heteroatoms. The Hall–Kier alpha value is -2.34. The largest absolute Gasteiger partial charge is 0.456 e. The molecule has 1 N–H and O–H groups in total. The van der Waals surface area contributed by atoms with Gasteiger partial charge >= 0.3 is 0 Å². The number of rotatable bonds is 3. The van der Waals surface area contributed by atoms with Crippen molar-refractivity contribution in [2.24, 2.45) is 5.10 Å². The van der Waals surface area contributed by atoms with Gasteiger partial charge in [0.2, 0.25) is 0 Å². The minimum absolute atomic E-state index is 0.159. The second kappa shape index (κ2) is 4.89. The lowest BCUT2D eigenvalue weighted by molar-refractivity contribution is 0.584. The quantitative estimate of drug-likeness (QED) is 0.596. The van der Waals surface area contributed by atoms with Crippen LogP contribution in [0.15, 0.2) is 56.9 Å². The van der Waals surface area contributed by atoms with Crippen molar-refractivity contribution in [2.75, 3.05) is 0 Å². The molecular formula is C15H14N2O3S. The van der Waals surface area contributed by atoms with E-state index in [4.69, 9.17) is 4.42 Å². The van der Waals surface area contributed by atoms with Gasteiger partial charge in [-0.3, -0.25) is 0 Å². The zero-order chi connectivity index (χ0) is 15.0. The smallest absolute Gasteiger partial charge is 0.276 e. The van der Waals surface area contributed by atoms with Gasteiger partial charge in [0, 0.05) is 16.5 Å². The Balaban J connectivity index is 2.16. The molecule has 0 amide bonds. The maximum absolute atomic E-state index is 12.2. The molecule has 0 aliphatic rings. The number of sulfonamides is 1. The Morgan fingerprint density at radius 2 is 1.76 bits per heavy atom. The number of hydrogen-bond donors (Lipinski definition) is 1. The maximum Gasteiger partial charge on any atom is 0.276 e. The fourth-order valence-electron chi connectivity index (χ4n) is 2.08. The van der Waals surface area contributed by atoms with E-state index in [1.165, 1.54) is 6.07 Å². The average molecular weight is 302 g/mol. The first-order valence-corrected chi connectivity index (χ1v) is 7.90. The molecule has 0 fully saturated rings. The number of fused-ring (bicyclic) bond motifs is 3. The van der Waals surface area contributed by atoms with Crippen molar-refractivity contribution in [1.29, 1.82) is 0 Å². The van der Waals surface area contributed by atoms with Crippen LogP contribution in [0.5, 0.6) is 0 Å². The highest BCUT2D eigenvalue weighted by molar-refractivity contribution is 7.89.